The molecule has 3 heteroatoms. The first-order chi connectivity index (χ1) is 6.72. The zero-order valence-corrected chi connectivity index (χ0v) is 7.49. The van der Waals surface area contributed by atoms with E-state index in [4.69, 9.17) is 18.0 Å². The van der Waals surface area contributed by atoms with Crippen molar-refractivity contribution in [3.05, 3.63) is 41.7 Å². The van der Waals surface area contributed by atoms with E-state index in [9.17, 15) is 0 Å². The minimum absolute atomic E-state index is 0.522. The Morgan fingerprint density at radius 2 is 1.79 bits per heavy atom. The Balaban J connectivity index is 2.90. The molecule has 0 atom stereocenters. The van der Waals surface area contributed by atoms with Crippen molar-refractivity contribution in [3.8, 4) is 0 Å². The van der Waals surface area contributed by atoms with Crippen LogP contribution in [0, 0.1) is 6.57 Å². The highest BCUT2D eigenvalue weighted by molar-refractivity contribution is 5.99. The lowest BCUT2D eigenvalue weighted by Gasteiger charge is -2.04. The van der Waals surface area contributed by atoms with Gasteiger partial charge in [0.2, 0.25) is 0 Å². The Morgan fingerprint density at radius 3 is 2.50 bits per heavy atom. The average Bonchev–Trinajstić information content (AvgIpc) is 2.19. The van der Waals surface area contributed by atoms with Gasteiger partial charge in [-0.15, -0.1) is 0 Å². The number of anilines is 2. The minimum Gasteiger partial charge on any atom is -0.397 e. The Hall–Kier alpha value is -2.21. The minimum atomic E-state index is 0.522. The lowest BCUT2D eigenvalue weighted by atomic mass is 10.1. The summed E-state index contributed by atoms with van der Waals surface area (Å²) < 4.78 is 0. The number of fused-ring (bicyclic) bond motifs is 1. The van der Waals surface area contributed by atoms with E-state index < -0.39 is 0 Å². The molecule has 2 rings (SSSR count). The van der Waals surface area contributed by atoms with E-state index in [2.05, 4.69) is 4.85 Å². The predicted molar refractivity (Wildman–Crippen MR) is 59.0 cm³/mol. The molecule has 0 saturated heterocycles. The molecule has 0 bridgehead atoms. The lowest BCUT2D eigenvalue weighted by Crippen LogP contribution is -1.93. The van der Waals surface area contributed by atoms with Gasteiger partial charge < -0.3 is 11.5 Å². The highest BCUT2D eigenvalue weighted by atomic mass is 14.7. The molecule has 0 aromatic heterocycles. The third kappa shape index (κ3) is 1.14. The van der Waals surface area contributed by atoms with Crippen LogP contribution in [0.3, 0.4) is 0 Å². The van der Waals surface area contributed by atoms with Gasteiger partial charge in [0.05, 0.1) is 17.9 Å². The predicted octanol–water partition coefficient (Wildman–Crippen LogP) is 2.55. The van der Waals surface area contributed by atoms with Crippen molar-refractivity contribution in [1.29, 1.82) is 0 Å². The van der Waals surface area contributed by atoms with Crippen LogP contribution in [0.1, 0.15) is 0 Å². The van der Waals surface area contributed by atoms with Crippen LogP contribution < -0.4 is 11.5 Å². The topological polar surface area (TPSA) is 56.4 Å². The van der Waals surface area contributed by atoms with E-state index in [1.807, 2.05) is 12.1 Å². The van der Waals surface area contributed by atoms with E-state index in [-0.39, 0.29) is 0 Å². The van der Waals surface area contributed by atoms with Gasteiger partial charge in [-0.3, -0.25) is 0 Å². The molecule has 0 aliphatic heterocycles. The highest BCUT2D eigenvalue weighted by Gasteiger charge is 2.02. The molecule has 14 heavy (non-hydrogen) atoms. The number of hydrogen-bond acceptors (Lipinski definition) is 2. The van der Waals surface area contributed by atoms with E-state index in [1.54, 1.807) is 18.2 Å². The third-order valence-corrected chi connectivity index (χ3v) is 2.18. The zero-order valence-electron chi connectivity index (χ0n) is 7.49. The van der Waals surface area contributed by atoms with Crippen molar-refractivity contribution < 1.29 is 0 Å². The Kier molecular flexibility index (Phi) is 1.76. The first-order valence-electron chi connectivity index (χ1n) is 4.17. The van der Waals surface area contributed by atoms with Gasteiger partial charge >= 0.3 is 0 Å². The van der Waals surface area contributed by atoms with Gasteiger partial charge in [-0.25, -0.2) is 4.85 Å². The van der Waals surface area contributed by atoms with Crippen LogP contribution in [-0.2, 0) is 0 Å². The molecule has 0 amide bonds. The maximum absolute atomic E-state index is 7.00. The molecule has 0 unspecified atom stereocenters. The van der Waals surface area contributed by atoms with Crippen LogP contribution in [0.4, 0.5) is 17.1 Å². The van der Waals surface area contributed by atoms with Crippen molar-refractivity contribution in [1.82, 2.24) is 0 Å². The molecular formula is C11H9N3. The first kappa shape index (κ1) is 8.39. The SMILES string of the molecule is [C-]#[N+]c1cccc2cc(N)c(N)cc12. The number of benzene rings is 2. The molecule has 0 aliphatic carbocycles. The van der Waals surface area contributed by atoms with Crippen molar-refractivity contribution in [2.45, 2.75) is 0 Å². The van der Waals surface area contributed by atoms with Gasteiger partial charge in [0.1, 0.15) is 0 Å². The molecule has 68 valence electrons. The fraction of sp³-hybridized carbons (Fsp3) is 0. The number of nitrogens with zero attached hydrogens (tertiary/aromatic N) is 1. The Bertz CT molecular complexity index is 538. The van der Waals surface area contributed by atoms with Crippen LogP contribution >= 0.6 is 0 Å². The zero-order chi connectivity index (χ0) is 10.1. The number of hydrogen-bond donors (Lipinski definition) is 2. The summed E-state index contributed by atoms with van der Waals surface area (Å²) in [6, 6.07) is 9.06. The van der Waals surface area contributed by atoms with Crippen molar-refractivity contribution in [2.75, 3.05) is 11.5 Å². The van der Waals surface area contributed by atoms with E-state index in [0.29, 0.717) is 17.1 Å². The monoisotopic (exact) mass is 183 g/mol. The first-order valence-corrected chi connectivity index (χ1v) is 4.17. The maximum atomic E-state index is 7.00. The fourth-order valence-corrected chi connectivity index (χ4v) is 1.44. The summed E-state index contributed by atoms with van der Waals surface area (Å²) in [6.45, 7) is 7.00. The van der Waals surface area contributed by atoms with Gasteiger partial charge in [0.25, 0.3) is 0 Å². The average molecular weight is 183 g/mol. The molecule has 2 aromatic rings. The van der Waals surface area contributed by atoms with Crippen molar-refractivity contribution in [3.63, 3.8) is 0 Å². The second kappa shape index (κ2) is 2.93. The molecule has 3 nitrogen and oxygen atoms in total. The maximum Gasteiger partial charge on any atom is 0.194 e. The number of nitrogen functional groups attached to an aromatic ring is 2. The standard InChI is InChI=1S/C11H9N3/c1-14-11-4-2-3-7-5-9(12)10(13)6-8(7)11/h2-6H,12-13H2. The summed E-state index contributed by atoms with van der Waals surface area (Å²) in [5.74, 6) is 0. The summed E-state index contributed by atoms with van der Waals surface area (Å²) in [5, 5.41) is 1.81. The molecular weight excluding hydrogens is 174 g/mol. The Morgan fingerprint density at radius 1 is 1.07 bits per heavy atom. The summed E-state index contributed by atoms with van der Waals surface area (Å²) >= 11 is 0. The summed E-state index contributed by atoms with van der Waals surface area (Å²) in [4.78, 5) is 3.42. The Labute approximate surface area is 81.8 Å². The molecule has 0 heterocycles. The molecule has 2 aromatic carbocycles. The molecule has 0 aliphatic rings. The van der Waals surface area contributed by atoms with Crippen molar-refractivity contribution >= 4 is 27.8 Å². The molecule has 0 radical (unpaired) electrons. The number of nitrogens with two attached hydrogens (primary N) is 2. The summed E-state index contributed by atoms with van der Waals surface area (Å²) in [7, 11) is 0. The second-order valence-corrected chi connectivity index (χ2v) is 3.09. The molecule has 0 spiro atoms. The van der Waals surface area contributed by atoms with E-state index in [1.165, 1.54) is 0 Å². The van der Waals surface area contributed by atoms with Gasteiger partial charge in [-0.05, 0) is 22.9 Å². The lowest BCUT2D eigenvalue weighted by molar-refractivity contribution is 1.70. The van der Waals surface area contributed by atoms with Crippen LogP contribution in [0.15, 0.2) is 30.3 Å². The van der Waals surface area contributed by atoms with Gasteiger partial charge in [-0.1, -0.05) is 18.2 Å². The largest absolute Gasteiger partial charge is 0.397 e. The van der Waals surface area contributed by atoms with Gasteiger partial charge in [-0.2, -0.15) is 0 Å². The van der Waals surface area contributed by atoms with E-state index >= 15 is 0 Å². The normalized spacial score (nSPS) is 9.93. The molecule has 0 saturated carbocycles. The van der Waals surface area contributed by atoms with Gasteiger partial charge in [0, 0.05) is 0 Å². The smallest absolute Gasteiger partial charge is 0.194 e. The van der Waals surface area contributed by atoms with Gasteiger partial charge in [0.15, 0.2) is 5.69 Å². The highest BCUT2D eigenvalue weighted by Crippen LogP contribution is 2.30. The van der Waals surface area contributed by atoms with E-state index in [0.717, 1.165) is 10.8 Å². The number of rotatable bonds is 0. The molecule has 4 N–H and O–H groups in total. The summed E-state index contributed by atoms with van der Waals surface area (Å²) in [6.07, 6.45) is 0. The third-order valence-electron chi connectivity index (χ3n) is 2.18. The molecule has 0 fully saturated rings. The quantitative estimate of drug-likeness (QED) is 0.487. The van der Waals surface area contributed by atoms with Crippen LogP contribution in [0.2, 0.25) is 0 Å². The second-order valence-electron chi connectivity index (χ2n) is 3.09. The van der Waals surface area contributed by atoms with Crippen LogP contribution in [-0.4, -0.2) is 0 Å². The van der Waals surface area contributed by atoms with Crippen molar-refractivity contribution in [2.24, 2.45) is 0 Å². The van der Waals surface area contributed by atoms with Crippen LogP contribution in [0.25, 0.3) is 15.6 Å². The fourth-order valence-electron chi connectivity index (χ4n) is 1.44. The summed E-state index contributed by atoms with van der Waals surface area (Å²) in [5.41, 5.74) is 13.0. The van der Waals surface area contributed by atoms with Crippen LogP contribution in [0.5, 0.6) is 0 Å².